The Balaban J connectivity index is 2.07. The van der Waals surface area contributed by atoms with Crippen LogP contribution in [0.1, 0.15) is 39.2 Å². The van der Waals surface area contributed by atoms with Crippen molar-refractivity contribution in [1.82, 2.24) is 5.32 Å². The van der Waals surface area contributed by atoms with Crippen LogP contribution in [0.25, 0.3) is 0 Å². The van der Waals surface area contributed by atoms with Crippen LogP contribution in [-0.2, 0) is 6.42 Å². The summed E-state index contributed by atoms with van der Waals surface area (Å²) >= 11 is 3.37. The van der Waals surface area contributed by atoms with Gasteiger partial charge in [0.15, 0.2) is 0 Å². The highest BCUT2D eigenvalue weighted by Gasteiger charge is 2.28. The molecule has 1 atom stereocenters. The molecule has 0 bridgehead atoms. The molecule has 19 heavy (non-hydrogen) atoms. The molecule has 0 aliphatic heterocycles. The van der Waals surface area contributed by atoms with Crippen molar-refractivity contribution in [3.63, 3.8) is 0 Å². The van der Waals surface area contributed by atoms with Crippen molar-refractivity contribution < 1.29 is 4.39 Å². The van der Waals surface area contributed by atoms with Crippen LogP contribution >= 0.6 is 15.9 Å². The number of hydrogen-bond acceptors (Lipinski definition) is 1. The Morgan fingerprint density at radius 2 is 2.05 bits per heavy atom. The fourth-order valence-electron chi connectivity index (χ4n) is 2.25. The largest absolute Gasteiger partial charge is 0.314 e. The first-order chi connectivity index (χ1) is 8.88. The first kappa shape index (κ1) is 15.0. The van der Waals surface area contributed by atoms with Crippen molar-refractivity contribution in [1.29, 1.82) is 0 Å². The van der Waals surface area contributed by atoms with Crippen LogP contribution in [0.15, 0.2) is 22.7 Å². The van der Waals surface area contributed by atoms with Crippen molar-refractivity contribution in [2.75, 3.05) is 6.54 Å². The molecular formula is C16H23BrFN. The van der Waals surface area contributed by atoms with Crippen LogP contribution in [0.5, 0.6) is 0 Å². The minimum Gasteiger partial charge on any atom is -0.314 e. The maximum absolute atomic E-state index is 13.6. The standard InChI is InChI=1S/C16H23BrFN/c1-16(2,3)12(10-19-13-7-8-13)9-11-5-4-6-14(18)15(11)17/h4-6,12-13,19H,7-10H2,1-3H3. The summed E-state index contributed by atoms with van der Waals surface area (Å²) in [5, 5.41) is 3.61. The maximum Gasteiger partial charge on any atom is 0.137 e. The molecule has 106 valence electrons. The monoisotopic (exact) mass is 327 g/mol. The molecular weight excluding hydrogens is 305 g/mol. The second-order valence-corrected chi connectivity index (χ2v) is 7.46. The molecule has 2 rings (SSSR count). The number of benzene rings is 1. The van der Waals surface area contributed by atoms with Gasteiger partial charge in [-0.2, -0.15) is 0 Å². The van der Waals surface area contributed by atoms with Gasteiger partial charge in [-0.25, -0.2) is 4.39 Å². The van der Waals surface area contributed by atoms with E-state index >= 15 is 0 Å². The normalized spacial score (nSPS) is 17.5. The maximum atomic E-state index is 13.6. The average molecular weight is 328 g/mol. The van der Waals surface area contributed by atoms with E-state index in [1.807, 2.05) is 6.07 Å². The Morgan fingerprint density at radius 1 is 1.37 bits per heavy atom. The summed E-state index contributed by atoms with van der Waals surface area (Å²) in [5.74, 6) is 0.339. The van der Waals surface area contributed by atoms with E-state index in [1.165, 1.54) is 18.9 Å². The predicted molar refractivity (Wildman–Crippen MR) is 81.8 cm³/mol. The molecule has 1 saturated carbocycles. The quantitative estimate of drug-likeness (QED) is 0.836. The SMILES string of the molecule is CC(C)(C)C(CNC1CC1)Cc1cccc(F)c1Br. The molecule has 1 fully saturated rings. The molecule has 1 aliphatic carbocycles. The van der Waals surface area contributed by atoms with Crippen LogP contribution in [0.2, 0.25) is 0 Å². The van der Waals surface area contributed by atoms with Gasteiger partial charge in [-0.15, -0.1) is 0 Å². The van der Waals surface area contributed by atoms with Gasteiger partial charge in [0.05, 0.1) is 4.47 Å². The van der Waals surface area contributed by atoms with Gasteiger partial charge in [-0.05, 0) is 64.7 Å². The molecule has 1 N–H and O–H groups in total. The summed E-state index contributed by atoms with van der Waals surface area (Å²) in [6.07, 6.45) is 3.52. The summed E-state index contributed by atoms with van der Waals surface area (Å²) in [6, 6.07) is 6.04. The van der Waals surface area contributed by atoms with Gasteiger partial charge < -0.3 is 5.32 Å². The van der Waals surface area contributed by atoms with Gasteiger partial charge in [-0.1, -0.05) is 32.9 Å². The van der Waals surface area contributed by atoms with Gasteiger partial charge in [0, 0.05) is 6.04 Å². The van der Waals surface area contributed by atoms with Gasteiger partial charge in [0.2, 0.25) is 0 Å². The Labute approximate surface area is 124 Å². The van der Waals surface area contributed by atoms with Crippen molar-refractivity contribution >= 4 is 15.9 Å². The molecule has 0 amide bonds. The molecule has 0 aromatic heterocycles. The molecule has 1 nitrogen and oxygen atoms in total. The van der Waals surface area contributed by atoms with E-state index in [0.29, 0.717) is 10.4 Å². The minimum absolute atomic E-state index is 0.166. The van der Waals surface area contributed by atoms with E-state index in [4.69, 9.17) is 0 Å². The molecule has 0 heterocycles. The highest BCUT2D eigenvalue weighted by Crippen LogP contribution is 2.32. The lowest BCUT2D eigenvalue weighted by Crippen LogP contribution is -2.34. The van der Waals surface area contributed by atoms with Gasteiger partial charge in [-0.3, -0.25) is 0 Å². The van der Waals surface area contributed by atoms with Crippen molar-refractivity contribution in [3.8, 4) is 0 Å². The third-order valence-electron chi connectivity index (χ3n) is 3.95. The van der Waals surface area contributed by atoms with E-state index in [2.05, 4.69) is 42.0 Å². The lowest BCUT2D eigenvalue weighted by atomic mass is 9.77. The second kappa shape index (κ2) is 5.92. The summed E-state index contributed by atoms with van der Waals surface area (Å²) in [7, 11) is 0. The topological polar surface area (TPSA) is 12.0 Å². The van der Waals surface area contributed by atoms with E-state index in [-0.39, 0.29) is 11.2 Å². The zero-order valence-corrected chi connectivity index (χ0v) is 13.6. The molecule has 1 aliphatic rings. The molecule has 1 aromatic rings. The summed E-state index contributed by atoms with van der Waals surface area (Å²) < 4.78 is 14.2. The van der Waals surface area contributed by atoms with Crippen LogP contribution < -0.4 is 5.32 Å². The first-order valence-electron chi connectivity index (χ1n) is 7.04. The number of hydrogen-bond donors (Lipinski definition) is 1. The zero-order chi connectivity index (χ0) is 14.0. The van der Waals surface area contributed by atoms with Crippen LogP contribution in [0, 0.1) is 17.2 Å². The fourth-order valence-corrected chi connectivity index (χ4v) is 2.68. The van der Waals surface area contributed by atoms with Crippen molar-refractivity contribution in [3.05, 3.63) is 34.1 Å². The van der Waals surface area contributed by atoms with Gasteiger partial charge >= 0.3 is 0 Å². The van der Waals surface area contributed by atoms with Gasteiger partial charge in [0.25, 0.3) is 0 Å². The fraction of sp³-hybridized carbons (Fsp3) is 0.625. The van der Waals surface area contributed by atoms with Crippen LogP contribution in [0.4, 0.5) is 4.39 Å². The lowest BCUT2D eigenvalue weighted by Gasteiger charge is -2.31. The minimum atomic E-state index is -0.166. The molecule has 0 radical (unpaired) electrons. The smallest absolute Gasteiger partial charge is 0.137 e. The van der Waals surface area contributed by atoms with Gasteiger partial charge in [0.1, 0.15) is 5.82 Å². The zero-order valence-electron chi connectivity index (χ0n) is 12.0. The van der Waals surface area contributed by atoms with Crippen LogP contribution in [0.3, 0.4) is 0 Å². The third-order valence-corrected chi connectivity index (χ3v) is 4.84. The predicted octanol–water partition coefficient (Wildman–Crippen LogP) is 4.55. The summed E-state index contributed by atoms with van der Waals surface area (Å²) in [4.78, 5) is 0. The Bertz CT molecular complexity index is 435. The van der Waals surface area contributed by atoms with E-state index in [9.17, 15) is 4.39 Å². The highest BCUT2D eigenvalue weighted by atomic mass is 79.9. The lowest BCUT2D eigenvalue weighted by molar-refractivity contribution is 0.229. The first-order valence-corrected chi connectivity index (χ1v) is 7.83. The summed E-state index contributed by atoms with van der Waals surface area (Å²) in [6.45, 7) is 7.80. The van der Waals surface area contributed by atoms with E-state index in [1.54, 1.807) is 6.07 Å². The Morgan fingerprint density at radius 3 is 2.63 bits per heavy atom. The molecule has 1 unspecified atom stereocenters. The molecule has 1 aromatic carbocycles. The van der Waals surface area contributed by atoms with Crippen LogP contribution in [-0.4, -0.2) is 12.6 Å². The Kier molecular flexibility index (Phi) is 4.67. The summed E-state index contributed by atoms with van der Waals surface area (Å²) in [5.41, 5.74) is 1.28. The van der Waals surface area contributed by atoms with Crippen molar-refractivity contribution in [2.24, 2.45) is 11.3 Å². The molecule has 0 spiro atoms. The average Bonchev–Trinajstić information content (AvgIpc) is 3.12. The van der Waals surface area contributed by atoms with E-state index < -0.39 is 0 Å². The Hall–Kier alpha value is -0.410. The number of rotatable bonds is 5. The third kappa shape index (κ3) is 4.28. The highest BCUT2D eigenvalue weighted by molar-refractivity contribution is 9.10. The number of halogens is 2. The molecule has 0 saturated heterocycles. The number of nitrogens with one attached hydrogen (secondary N) is 1. The van der Waals surface area contributed by atoms with E-state index in [0.717, 1.165) is 24.6 Å². The second-order valence-electron chi connectivity index (χ2n) is 6.66. The molecule has 3 heteroatoms. The van der Waals surface area contributed by atoms with Crippen molar-refractivity contribution in [2.45, 2.75) is 46.1 Å².